The third-order valence-electron chi connectivity index (χ3n) is 6.17. The number of rotatable bonds is 3. The van der Waals surface area contributed by atoms with Gasteiger partial charge in [-0.05, 0) is 42.4 Å². The van der Waals surface area contributed by atoms with Gasteiger partial charge in [0.25, 0.3) is 0 Å². The normalized spacial score (nSPS) is 40.3. The van der Waals surface area contributed by atoms with Crippen molar-refractivity contribution in [3.05, 3.63) is 0 Å². The van der Waals surface area contributed by atoms with Gasteiger partial charge in [0, 0.05) is 12.0 Å². The molecule has 2 saturated carbocycles. The average Bonchev–Trinajstić information content (AvgIpc) is 2.60. The summed E-state index contributed by atoms with van der Waals surface area (Å²) in [4.78, 5) is 12.0. The highest BCUT2D eigenvalue weighted by Gasteiger charge is 2.61. The lowest BCUT2D eigenvalue weighted by atomic mass is 9.69. The SMILES string of the molecule is CCC(C)C(=O)NC1CC2CCC1(C)C2(C)C. The molecule has 1 amide bonds. The largest absolute Gasteiger partial charge is 0.353 e. The Balaban J connectivity index is 2.08. The molecule has 2 nitrogen and oxygen atoms in total. The monoisotopic (exact) mass is 237 g/mol. The molecular formula is C15H27NO. The molecule has 0 heterocycles. The van der Waals surface area contributed by atoms with E-state index < -0.39 is 0 Å². The second kappa shape index (κ2) is 4.00. The molecule has 98 valence electrons. The van der Waals surface area contributed by atoms with Crippen molar-refractivity contribution in [1.82, 2.24) is 5.32 Å². The zero-order chi connectivity index (χ0) is 12.8. The number of amides is 1. The van der Waals surface area contributed by atoms with Crippen molar-refractivity contribution < 1.29 is 4.79 Å². The van der Waals surface area contributed by atoms with Gasteiger partial charge in [-0.3, -0.25) is 4.79 Å². The Morgan fingerprint density at radius 1 is 1.41 bits per heavy atom. The van der Waals surface area contributed by atoms with Crippen LogP contribution >= 0.6 is 0 Å². The van der Waals surface area contributed by atoms with E-state index in [4.69, 9.17) is 0 Å². The molecule has 1 N–H and O–H groups in total. The lowest BCUT2D eigenvalue weighted by Gasteiger charge is -2.39. The molecule has 4 unspecified atom stereocenters. The molecule has 2 heteroatoms. The zero-order valence-electron chi connectivity index (χ0n) is 12.0. The van der Waals surface area contributed by atoms with E-state index >= 15 is 0 Å². The van der Waals surface area contributed by atoms with Crippen LogP contribution < -0.4 is 5.32 Å². The minimum Gasteiger partial charge on any atom is -0.353 e. The summed E-state index contributed by atoms with van der Waals surface area (Å²) in [6, 6.07) is 0.401. The van der Waals surface area contributed by atoms with Crippen molar-refractivity contribution in [3.8, 4) is 0 Å². The van der Waals surface area contributed by atoms with Gasteiger partial charge in [0.2, 0.25) is 5.91 Å². The van der Waals surface area contributed by atoms with Crippen LogP contribution in [0.25, 0.3) is 0 Å². The predicted molar refractivity (Wildman–Crippen MR) is 70.6 cm³/mol. The summed E-state index contributed by atoms with van der Waals surface area (Å²) in [5.74, 6) is 1.21. The Bertz CT molecular complexity index is 323. The number of carbonyl (C=O) groups excluding carboxylic acids is 1. The van der Waals surface area contributed by atoms with E-state index in [-0.39, 0.29) is 11.8 Å². The van der Waals surface area contributed by atoms with Crippen LogP contribution in [-0.2, 0) is 4.79 Å². The minimum absolute atomic E-state index is 0.154. The summed E-state index contributed by atoms with van der Waals surface area (Å²) >= 11 is 0. The van der Waals surface area contributed by atoms with Gasteiger partial charge in [-0.15, -0.1) is 0 Å². The summed E-state index contributed by atoms with van der Waals surface area (Å²) < 4.78 is 0. The first-order valence-electron chi connectivity index (χ1n) is 7.13. The van der Waals surface area contributed by atoms with Crippen LogP contribution in [0.3, 0.4) is 0 Å². The minimum atomic E-state index is 0.154. The molecule has 0 saturated heterocycles. The molecule has 0 radical (unpaired) electrons. The zero-order valence-corrected chi connectivity index (χ0v) is 12.0. The lowest BCUT2D eigenvalue weighted by Crippen LogP contribution is -2.48. The van der Waals surface area contributed by atoms with Crippen molar-refractivity contribution >= 4 is 5.91 Å². The number of nitrogens with one attached hydrogen (secondary N) is 1. The molecular weight excluding hydrogens is 210 g/mol. The fourth-order valence-corrected chi connectivity index (χ4v) is 3.92. The Hall–Kier alpha value is -0.530. The molecule has 0 aromatic carbocycles. The Labute approximate surface area is 106 Å². The van der Waals surface area contributed by atoms with Crippen LogP contribution in [0.2, 0.25) is 0 Å². The fourth-order valence-electron chi connectivity index (χ4n) is 3.92. The molecule has 17 heavy (non-hydrogen) atoms. The van der Waals surface area contributed by atoms with E-state index in [9.17, 15) is 4.79 Å². The lowest BCUT2D eigenvalue weighted by molar-refractivity contribution is -0.126. The van der Waals surface area contributed by atoms with Gasteiger partial charge in [0.05, 0.1) is 0 Å². The van der Waals surface area contributed by atoms with Gasteiger partial charge in [-0.25, -0.2) is 0 Å². The Morgan fingerprint density at radius 3 is 2.47 bits per heavy atom. The fraction of sp³-hybridized carbons (Fsp3) is 0.933. The number of fused-ring (bicyclic) bond motifs is 2. The van der Waals surface area contributed by atoms with E-state index in [0.717, 1.165) is 12.3 Å². The maximum absolute atomic E-state index is 12.0. The van der Waals surface area contributed by atoms with Crippen LogP contribution in [0.15, 0.2) is 0 Å². The summed E-state index contributed by atoms with van der Waals surface area (Å²) in [6.07, 6.45) is 4.74. The van der Waals surface area contributed by atoms with Crippen LogP contribution in [0, 0.1) is 22.7 Å². The van der Waals surface area contributed by atoms with Gasteiger partial charge >= 0.3 is 0 Å². The molecule has 2 aliphatic rings. The first-order chi connectivity index (χ1) is 7.83. The first-order valence-corrected chi connectivity index (χ1v) is 7.13. The van der Waals surface area contributed by atoms with Crippen molar-refractivity contribution in [2.75, 3.05) is 0 Å². The second-order valence-corrected chi connectivity index (χ2v) is 6.98. The highest BCUT2D eigenvalue weighted by Crippen LogP contribution is 2.65. The number of hydrogen-bond donors (Lipinski definition) is 1. The molecule has 0 aliphatic heterocycles. The van der Waals surface area contributed by atoms with Crippen LogP contribution in [0.5, 0.6) is 0 Å². The smallest absolute Gasteiger partial charge is 0.223 e. The molecule has 0 spiro atoms. The molecule has 4 atom stereocenters. The van der Waals surface area contributed by atoms with Crippen molar-refractivity contribution in [2.24, 2.45) is 22.7 Å². The van der Waals surface area contributed by atoms with E-state index in [1.807, 2.05) is 6.92 Å². The maximum atomic E-state index is 12.0. The first kappa shape index (κ1) is 12.9. The van der Waals surface area contributed by atoms with E-state index in [2.05, 4.69) is 33.0 Å². The number of hydrogen-bond acceptors (Lipinski definition) is 1. The summed E-state index contributed by atoms with van der Waals surface area (Å²) in [5, 5.41) is 3.32. The highest BCUT2D eigenvalue weighted by molar-refractivity contribution is 5.78. The van der Waals surface area contributed by atoms with E-state index in [0.29, 0.717) is 16.9 Å². The van der Waals surface area contributed by atoms with Crippen LogP contribution in [-0.4, -0.2) is 11.9 Å². The molecule has 2 bridgehead atoms. The van der Waals surface area contributed by atoms with E-state index in [1.54, 1.807) is 0 Å². The average molecular weight is 237 g/mol. The highest BCUT2D eigenvalue weighted by atomic mass is 16.1. The third kappa shape index (κ3) is 1.71. The van der Waals surface area contributed by atoms with Gasteiger partial charge in [-0.2, -0.15) is 0 Å². The summed E-state index contributed by atoms with van der Waals surface area (Å²) in [5.41, 5.74) is 0.696. The molecule has 0 aromatic rings. The van der Waals surface area contributed by atoms with Crippen molar-refractivity contribution in [2.45, 2.75) is 66.3 Å². The van der Waals surface area contributed by atoms with Gasteiger partial charge < -0.3 is 5.32 Å². The molecule has 0 aromatic heterocycles. The quantitative estimate of drug-likeness (QED) is 0.801. The molecule has 2 aliphatic carbocycles. The van der Waals surface area contributed by atoms with Crippen molar-refractivity contribution in [1.29, 1.82) is 0 Å². The predicted octanol–water partition coefficient (Wildman–Crippen LogP) is 3.36. The number of carbonyl (C=O) groups is 1. The van der Waals surface area contributed by atoms with Crippen molar-refractivity contribution in [3.63, 3.8) is 0 Å². The molecule has 2 rings (SSSR count). The topological polar surface area (TPSA) is 29.1 Å². The van der Waals surface area contributed by atoms with Crippen LogP contribution in [0.4, 0.5) is 0 Å². The Kier molecular flexibility index (Phi) is 3.04. The van der Waals surface area contributed by atoms with Gasteiger partial charge in [0.1, 0.15) is 0 Å². The maximum Gasteiger partial charge on any atom is 0.223 e. The van der Waals surface area contributed by atoms with E-state index in [1.165, 1.54) is 19.3 Å². The second-order valence-electron chi connectivity index (χ2n) is 6.98. The standard InChI is InChI=1S/C15H27NO/c1-6-10(2)13(17)16-12-9-11-7-8-15(12,5)14(11,3)4/h10-12H,6-9H2,1-5H3,(H,16,17). The third-order valence-corrected chi connectivity index (χ3v) is 6.17. The van der Waals surface area contributed by atoms with Gasteiger partial charge in [-0.1, -0.05) is 34.6 Å². The summed E-state index contributed by atoms with van der Waals surface area (Å²) in [7, 11) is 0. The summed E-state index contributed by atoms with van der Waals surface area (Å²) in [6.45, 7) is 11.3. The Morgan fingerprint density at radius 2 is 2.06 bits per heavy atom. The van der Waals surface area contributed by atoms with Gasteiger partial charge in [0.15, 0.2) is 0 Å². The van der Waals surface area contributed by atoms with Crippen LogP contribution in [0.1, 0.15) is 60.3 Å². The molecule has 2 fully saturated rings.